The molecule has 5 nitrogen and oxygen atoms in total. The van der Waals surface area contributed by atoms with Gasteiger partial charge >= 0.3 is 0 Å². The third-order valence-electron chi connectivity index (χ3n) is 4.07. The molecule has 0 spiro atoms. The summed E-state index contributed by atoms with van der Waals surface area (Å²) in [5.74, 6) is 0.453. The molecule has 100 valence electrons. The summed E-state index contributed by atoms with van der Waals surface area (Å²) < 4.78 is 25.9. The van der Waals surface area contributed by atoms with Gasteiger partial charge in [-0.2, -0.15) is 5.10 Å². The molecule has 2 fully saturated rings. The number of hydrogen-bond donors (Lipinski definition) is 1. The van der Waals surface area contributed by atoms with E-state index in [0.717, 1.165) is 31.4 Å². The Morgan fingerprint density at radius 1 is 1.28 bits per heavy atom. The molecular weight excluding hydrogens is 250 g/mol. The molecule has 0 aromatic carbocycles. The monoisotopic (exact) mass is 269 g/mol. The fourth-order valence-corrected chi connectivity index (χ4v) is 4.64. The smallest absolute Gasteiger partial charge is 0.216 e. The summed E-state index contributed by atoms with van der Waals surface area (Å²) >= 11 is 0. The molecule has 0 unspecified atom stereocenters. The zero-order valence-corrected chi connectivity index (χ0v) is 11.4. The molecule has 3 rings (SSSR count). The van der Waals surface area contributed by atoms with E-state index in [1.165, 1.54) is 5.56 Å². The van der Waals surface area contributed by atoms with Crippen molar-refractivity contribution >= 4 is 10.0 Å². The molecule has 1 aromatic heterocycles. The number of piperidine rings is 1. The predicted octanol–water partition coefficient (Wildman–Crippen LogP) is 1.39. The van der Waals surface area contributed by atoms with Crippen LogP contribution in [0.3, 0.4) is 0 Å². The van der Waals surface area contributed by atoms with Crippen LogP contribution in [0.1, 0.15) is 42.9 Å². The zero-order valence-electron chi connectivity index (χ0n) is 10.6. The highest BCUT2D eigenvalue weighted by Crippen LogP contribution is 2.35. The molecule has 1 aliphatic carbocycles. The zero-order chi connectivity index (χ0) is 12.8. The van der Waals surface area contributed by atoms with E-state index in [2.05, 4.69) is 10.2 Å². The lowest BCUT2D eigenvalue weighted by atomic mass is 9.91. The van der Waals surface area contributed by atoms with E-state index in [4.69, 9.17) is 0 Å². The summed E-state index contributed by atoms with van der Waals surface area (Å²) in [7, 11) is -2.98. The van der Waals surface area contributed by atoms with Gasteiger partial charge in [0, 0.05) is 18.8 Å². The summed E-state index contributed by atoms with van der Waals surface area (Å²) in [6.07, 6.45) is 5.40. The van der Waals surface area contributed by atoms with Gasteiger partial charge in [0.2, 0.25) is 10.0 Å². The number of H-pyrrole nitrogens is 1. The van der Waals surface area contributed by atoms with Crippen LogP contribution < -0.4 is 0 Å². The highest BCUT2D eigenvalue weighted by molar-refractivity contribution is 7.90. The first-order valence-electron chi connectivity index (χ1n) is 6.58. The molecule has 6 heteroatoms. The fourth-order valence-electron chi connectivity index (χ4n) is 2.77. The largest absolute Gasteiger partial charge is 0.283 e. The molecule has 1 aliphatic heterocycles. The van der Waals surface area contributed by atoms with Crippen molar-refractivity contribution in [1.82, 2.24) is 14.5 Å². The van der Waals surface area contributed by atoms with Crippen LogP contribution in [0.5, 0.6) is 0 Å². The lowest BCUT2D eigenvalue weighted by molar-refractivity contribution is 0.318. The van der Waals surface area contributed by atoms with Crippen LogP contribution >= 0.6 is 0 Å². The average molecular weight is 269 g/mol. The van der Waals surface area contributed by atoms with Crippen molar-refractivity contribution in [2.45, 2.75) is 43.8 Å². The van der Waals surface area contributed by atoms with Crippen molar-refractivity contribution in [3.8, 4) is 0 Å². The molecule has 1 N–H and O–H groups in total. The average Bonchev–Trinajstić information content (AvgIpc) is 3.13. The van der Waals surface area contributed by atoms with Crippen molar-refractivity contribution in [2.75, 3.05) is 13.1 Å². The van der Waals surface area contributed by atoms with Gasteiger partial charge in [0.15, 0.2) is 0 Å². The van der Waals surface area contributed by atoms with Crippen LogP contribution in [0.15, 0.2) is 6.20 Å². The Morgan fingerprint density at radius 3 is 2.44 bits per heavy atom. The van der Waals surface area contributed by atoms with Crippen LogP contribution in [0, 0.1) is 6.92 Å². The lowest BCUT2D eigenvalue weighted by Crippen LogP contribution is -2.39. The Balaban J connectivity index is 1.66. The Labute approximate surface area is 108 Å². The van der Waals surface area contributed by atoms with Gasteiger partial charge in [-0.1, -0.05) is 0 Å². The van der Waals surface area contributed by atoms with Gasteiger partial charge in [0.1, 0.15) is 0 Å². The van der Waals surface area contributed by atoms with Gasteiger partial charge in [0.25, 0.3) is 0 Å². The first-order chi connectivity index (χ1) is 8.59. The van der Waals surface area contributed by atoms with Gasteiger partial charge in [-0.05, 0) is 44.1 Å². The molecule has 0 atom stereocenters. The highest BCUT2D eigenvalue weighted by atomic mass is 32.2. The third kappa shape index (κ3) is 2.07. The first kappa shape index (κ1) is 12.2. The minimum Gasteiger partial charge on any atom is -0.283 e. The van der Waals surface area contributed by atoms with Crippen molar-refractivity contribution < 1.29 is 8.42 Å². The van der Waals surface area contributed by atoms with E-state index in [0.29, 0.717) is 19.0 Å². The van der Waals surface area contributed by atoms with E-state index in [-0.39, 0.29) is 5.25 Å². The number of hydrogen-bond acceptors (Lipinski definition) is 3. The normalized spacial score (nSPS) is 23.4. The Morgan fingerprint density at radius 2 is 1.94 bits per heavy atom. The number of nitrogens with zero attached hydrogens (tertiary/aromatic N) is 2. The van der Waals surface area contributed by atoms with Gasteiger partial charge in [-0.15, -0.1) is 0 Å². The fraction of sp³-hybridized carbons (Fsp3) is 0.750. The third-order valence-corrected chi connectivity index (χ3v) is 6.47. The van der Waals surface area contributed by atoms with Crippen LogP contribution in [0.2, 0.25) is 0 Å². The van der Waals surface area contributed by atoms with E-state index < -0.39 is 10.0 Å². The van der Waals surface area contributed by atoms with Crippen LogP contribution in [0.25, 0.3) is 0 Å². The number of rotatable bonds is 3. The maximum atomic E-state index is 12.1. The van der Waals surface area contributed by atoms with E-state index in [1.807, 2.05) is 13.1 Å². The topological polar surface area (TPSA) is 66.1 Å². The number of aromatic nitrogens is 2. The molecule has 0 bridgehead atoms. The molecule has 1 saturated heterocycles. The Kier molecular flexibility index (Phi) is 2.94. The molecule has 2 heterocycles. The molecule has 18 heavy (non-hydrogen) atoms. The first-order valence-corrected chi connectivity index (χ1v) is 8.08. The summed E-state index contributed by atoms with van der Waals surface area (Å²) in [6.45, 7) is 3.35. The summed E-state index contributed by atoms with van der Waals surface area (Å²) in [5, 5.41) is 6.92. The summed E-state index contributed by atoms with van der Waals surface area (Å²) in [4.78, 5) is 0. The van der Waals surface area contributed by atoms with Crippen LogP contribution in [-0.2, 0) is 10.0 Å². The predicted molar refractivity (Wildman–Crippen MR) is 68.8 cm³/mol. The quantitative estimate of drug-likeness (QED) is 0.901. The van der Waals surface area contributed by atoms with Crippen molar-refractivity contribution in [3.05, 3.63) is 17.5 Å². The minimum absolute atomic E-state index is 0.0790. The summed E-state index contributed by atoms with van der Waals surface area (Å²) in [5.41, 5.74) is 2.36. The maximum absolute atomic E-state index is 12.1. The second-order valence-electron chi connectivity index (χ2n) is 5.37. The van der Waals surface area contributed by atoms with Gasteiger partial charge < -0.3 is 0 Å². The number of aryl methyl sites for hydroxylation is 1. The van der Waals surface area contributed by atoms with Gasteiger partial charge in [0.05, 0.1) is 11.4 Å². The Bertz CT molecular complexity index is 525. The number of sulfonamides is 1. The molecule has 1 aromatic rings. The van der Waals surface area contributed by atoms with E-state index in [9.17, 15) is 8.42 Å². The molecule has 2 aliphatic rings. The van der Waals surface area contributed by atoms with Crippen LogP contribution in [0.4, 0.5) is 0 Å². The summed E-state index contributed by atoms with van der Waals surface area (Å²) in [6, 6.07) is 0. The van der Waals surface area contributed by atoms with Crippen molar-refractivity contribution in [2.24, 2.45) is 0 Å². The molecule has 1 saturated carbocycles. The minimum atomic E-state index is -2.98. The second-order valence-corrected chi connectivity index (χ2v) is 7.58. The number of aromatic amines is 1. The number of nitrogens with one attached hydrogen (secondary N) is 1. The van der Waals surface area contributed by atoms with Gasteiger partial charge in [-0.3, -0.25) is 5.10 Å². The molecular formula is C12H19N3O2S. The highest BCUT2D eigenvalue weighted by Gasteiger charge is 2.41. The van der Waals surface area contributed by atoms with Crippen molar-refractivity contribution in [1.29, 1.82) is 0 Å². The molecule has 0 radical (unpaired) electrons. The van der Waals surface area contributed by atoms with Crippen LogP contribution in [-0.4, -0.2) is 41.3 Å². The van der Waals surface area contributed by atoms with Crippen molar-refractivity contribution in [3.63, 3.8) is 0 Å². The van der Waals surface area contributed by atoms with E-state index >= 15 is 0 Å². The SMILES string of the molecule is Cc1[nH]ncc1C1CCN(S(=O)(=O)C2CC2)CC1. The Hall–Kier alpha value is -0.880. The lowest BCUT2D eigenvalue weighted by Gasteiger charge is -2.31. The van der Waals surface area contributed by atoms with Gasteiger partial charge in [-0.25, -0.2) is 12.7 Å². The standard InChI is InChI=1S/C12H19N3O2S/c1-9-12(8-13-14-9)10-4-6-15(7-5-10)18(16,17)11-2-3-11/h8,10-11H,2-7H2,1H3,(H,13,14). The van der Waals surface area contributed by atoms with E-state index in [1.54, 1.807) is 4.31 Å². The second kappa shape index (κ2) is 4.35. The molecule has 0 amide bonds. The maximum Gasteiger partial charge on any atom is 0.216 e.